The number of amides is 2. The van der Waals surface area contributed by atoms with Gasteiger partial charge in [-0.2, -0.15) is 0 Å². The highest BCUT2D eigenvalue weighted by Crippen LogP contribution is 2.31. The molecule has 0 fully saturated rings. The molecule has 0 aliphatic carbocycles. The van der Waals surface area contributed by atoms with E-state index in [1.54, 1.807) is 11.1 Å². The average Bonchev–Trinajstić information content (AvgIpc) is 2.48. The Labute approximate surface area is 122 Å². The fraction of sp³-hybridized carbons (Fsp3) is 0.600. The van der Waals surface area contributed by atoms with Crippen molar-refractivity contribution < 1.29 is 4.79 Å². The van der Waals surface area contributed by atoms with Crippen LogP contribution in [-0.4, -0.2) is 35.0 Å². The highest BCUT2D eigenvalue weighted by molar-refractivity contribution is 6.79. The molecule has 0 unspecified atom stereocenters. The van der Waals surface area contributed by atoms with E-state index >= 15 is 0 Å². The lowest BCUT2D eigenvalue weighted by molar-refractivity contribution is 0.212. The van der Waals surface area contributed by atoms with E-state index in [1.165, 1.54) is 0 Å². The Morgan fingerprint density at radius 1 is 1.15 bits per heavy atom. The Morgan fingerprint density at radius 2 is 1.80 bits per heavy atom. The third-order valence-electron chi connectivity index (χ3n) is 4.48. The highest BCUT2D eigenvalue weighted by Gasteiger charge is 2.37. The van der Waals surface area contributed by atoms with E-state index in [4.69, 9.17) is 4.90 Å². The summed E-state index contributed by atoms with van der Waals surface area (Å²) in [6, 6.07) is 0.0582. The van der Waals surface area contributed by atoms with Gasteiger partial charge in [-0.05, 0) is 19.2 Å². The smallest absolute Gasteiger partial charge is 0.290 e. The Hall–Kier alpha value is -1.52. The summed E-state index contributed by atoms with van der Waals surface area (Å²) in [5.41, 5.74) is 0. The van der Waals surface area contributed by atoms with Gasteiger partial charge < -0.3 is 9.71 Å². The average molecular weight is 274 g/mol. The van der Waals surface area contributed by atoms with E-state index < -0.39 is 6.42 Å². The summed E-state index contributed by atoms with van der Waals surface area (Å²) >= 11 is 0. The minimum absolute atomic E-state index is 0.0582. The quantitative estimate of drug-likeness (QED) is 0.677. The summed E-state index contributed by atoms with van der Waals surface area (Å²) in [6.45, 7) is 4.38. The molecule has 20 heavy (non-hydrogen) atoms. The van der Waals surface area contributed by atoms with Crippen LogP contribution in [0.1, 0.15) is 39.5 Å². The molecule has 2 heterocycles. The maximum absolute atomic E-state index is 12.6. The summed E-state index contributed by atoms with van der Waals surface area (Å²) < 4.78 is 0. The lowest BCUT2D eigenvalue weighted by Crippen LogP contribution is -2.61. The molecule has 0 saturated carbocycles. The molecular formula is C15H25BN3O-. The molecule has 0 spiro atoms. The number of fused-ring (bicyclic) bond motifs is 1. The predicted molar refractivity (Wildman–Crippen MR) is 85.9 cm³/mol. The molecule has 2 rings (SSSR count). The first-order chi connectivity index (χ1) is 9.64. The van der Waals surface area contributed by atoms with Gasteiger partial charge in [0.15, 0.2) is 0 Å². The molecular weight excluding hydrogens is 249 g/mol. The van der Waals surface area contributed by atoms with E-state index in [-0.39, 0.29) is 6.03 Å². The van der Waals surface area contributed by atoms with Crippen molar-refractivity contribution in [2.24, 2.45) is 4.90 Å². The summed E-state index contributed by atoms with van der Waals surface area (Å²) in [7, 11) is 1.92. The van der Waals surface area contributed by atoms with Crippen LogP contribution >= 0.6 is 0 Å². The minimum Gasteiger partial charge on any atom is -0.480 e. The zero-order valence-electron chi connectivity index (χ0n) is 12.9. The van der Waals surface area contributed by atoms with Crippen LogP contribution in [0, 0.1) is 0 Å². The number of carbonyl (C=O) groups excluding carboxylic acids is 1. The van der Waals surface area contributed by atoms with Crippen molar-refractivity contribution >= 4 is 18.3 Å². The Kier molecular flexibility index (Phi) is 4.68. The van der Waals surface area contributed by atoms with Gasteiger partial charge in [-0.25, -0.2) is 0 Å². The number of amidine groups is 1. The van der Waals surface area contributed by atoms with Crippen LogP contribution in [0.25, 0.3) is 0 Å². The largest absolute Gasteiger partial charge is 0.480 e. The first-order valence-electron chi connectivity index (χ1n) is 7.84. The second-order valence-electron chi connectivity index (χ2n) is 5.87. The number of hydrogen-bond acceptors (Lipinski definition) is 2. The van der Waals surface area contributed by atoms with Gasteiger partial charge in [0.1, 0.15) is 0 Å². The molecule has 110 valence electrons. The van der Waals surface area contributed by atoms with E-state index in [0.717, 1.165) is 44.2 Å². The van der Waals surface area contributed by atoms with Crippen LogP contribution in [0.2, 0.25) is 12.6 Å². The van der Waals surface area contributed by atoms with E-state index in [9.17, 15) is 4.79 Å². The van der Waals surface area contributed by atoms with Crippen LogP contribution in [0.3, 0.4) is 0 Å². The molecule has 0 aromatic rings. The fourth-order valence-corrected chi connectivity index (χ4v) is 3.13. The SMILES string of the molecule is CCCC[B-]1(CCCC)N=C2C=CC=CN2C(=O)N1C. The highest BCUT2D eigenvalue weighted by atomic mass is 16.2. The van der Waals surface area contributed by atoms with Gasteiger partial charge in [0.25, 0.3) is 6.03 Å². The van der Waals surface area contributed by atoms with Crippen molar-refractivity contribution in [3.05, 3.63) is 24.4 Å². The van der Waals surface area contributed by atoms with Gasteiger partial charge >= 0.3 is 0 Å². The lowest BCUT2D eigenvalue weighted by atomic mass is 9.39. The molecule has 0 aromatic carbocycles. The van der Waals surface area contributed by atoms with Gasteiger partial charge in [-0.1, -0.05) is 45.6 Å². The molecule has 0 radical (unpaired) electrons. The second kappa shape index (κ2) is 6.29. The van der Waals surface area contributed by atoms with Crippen molar-refractivity contribution in [3.63, 3.8) is 0 Å². The van der Waals surface area contributed by atoms with Crippen molar-refractivity contribution in [2.75, 3.05) is 7.05 Å². The van der Waals surface area contributed by atoms with Crippen LogP contribution in [0.5, 0.6) is 0 Å². The minimum atomic E-state index is -1.12. The number of allylic oxidation sites excluding steroid dienone is 2. The number of urea groups is 1. The number of carbonyl (C=O) groups is 1. The molecule has 5 heteroatoms. The zero-order valence-corrected chi connectivity index (χ0v) is 12.9. The standard InChI is InChI=1S/C15H25BN3O/c1-4-6-11-16(12-7-5-2)17-14-10-8-9-13-19(14)15(20)18(16)3/h8-10,13H,4-7,11-12H2,1-3H3/q-1. The van der Waals surface area contributed by atoms with E-state index in [2.05, 4.69) is 13.8 Å². The van der Waals surface area contributed by atoms with Gasteiger partial charge in [0.05, 0.1) is 5.84 Å². The topological polar surface area (TPSA) is 35.9 Å². The summed E-state index contributed by atoms with van der Waals surface area (Å²) in [5, 5.41) is 0. The van der Waals surface area contributed by atoms with Crippen molar-refractivity contribution in [2.45, 2.75) is 52.2 Å². The number of rotatable bonds is 6. The van der Waals surface area contributed by atoms with E-state index in [1.807, 2.05) is 30.1 Å². The van der Waals surface area contributed by atoms with Crippen LogP contribution in [0.15, 0.2) is 29.3 Å². The van der Waals surface area contributed by atoms with Crippen LogP contribution in [-0.2, 0) is 0 Å². The molecule has 0 saturated heterocycles. The Bertz CT molecular complexity index is 448. The molecule has 0 aromatic heterocycles. The Morgan fingerprint density at radius 3 is 2.40 bits per heavy atom. The molecule has 4 nitrogen and oxygen atoms in total. The number of hydrogen-bond donors (Lipinski definition) is 0. The van der Waals surface area contributed by atoms with Crippen molar-refractivity contribution in [3.8, 4) is 0 Å². The number of nitrogens with zero attached hydrogens (tertiary/aromatic N) is 3. The van der Waals surface area contributed by atoms with Crippen LogP contribution < -0.4 is 0 Å². The van der Waals surface area contributed by atoms with Gasteiger partial charge in [0, 0.05) is 6.20 Å². The van der Waals surface area contributed by atoms with Crippen molar-refractivity contribution in [1.29, 1.82) is 0 Å². The Balaban J connectivity index is 2.35. The van der Waals surface area contributed by atoms with Gasteiger partial charge in [0.2, 0.25) is 6.42 Å². The summed E-state index contributed by atoms with van der Waals surface area (Å²) in [6.07, 6.45) is 13.0. The lowest BCUT2D eigenvalue weighted by Gasteiger charge is -2.52. The third-order valence-corrected chi connectivity index (χ3v) is 4.48. The van der Waals surface area contributed by atoms with Gasteiger partial charge in [-0.3, -0.25) is 9.69 Å². The van der Waals surface area contributed by atoms with Gasteiger partial charge in [-0.15, -0.1) is 12.6 Å². The molecule has 0 bridgehead atoms. The molecule has 2 aliphatic heterocycles. The monoisotopic (exact) mass is 274 g/mol. The molecule has 0 N–H and O–H groups in total. The fourth-order valence-electron chi connectivity index (χ4n) is 3.13. The first kappa shape index (κ1) is 14.9. The molecule has 2 aliphatic rings. The maximum Gasteiger partial charge on any atom is 0.290 e. The molecule has 2 amide bonds. The zero-order chi connectivity index (χ0) is 14.6. The van der Waals surface area contributed by atoms with Crippen molar-refractivity contribution in [1.82, 2.24) is 9.71 Å². The first-order valence-corrected chi connectivity index (χ1v) is 7.84. The third kappa shape index (κ3) is 2.67. The molecule has 0 atom stereocenters. The predicted octanol–water partition coefficient (Wildman–Crippen LogP) is 3.88. The number of unbranched alkanes of at least 4 members (excludes halogenated alkanes) is 2. The van der Waals surface area contributed by atoms with Crippen LogP contribution in [0.4, 0.5) is 4.79 Å². The summed E-state index contributed by atoms with van der Waals surface area (Å²) in [5.74, 6) is 0.808. The summed E-state index contributed by atoms with van der Waals surface area (Å²) in [4.78, 5) is 21.2. The normalized spacial score (nSPS) is 20.1. The van der Waals surface area contributed by atoms with E-state index in [0.29, 0.717) is 0 Å². The maximum atomic E-state index is 12.6. The second-order valence-corrected chi connectivity index (χ2v) is 5.87.